The Morgan fingerprint density at radius 3 is 1.38 bits per heavy atom. The average Bonchev–Trinajstić information content (AvgIpc) is 2.40. The number of hydrogen-bond donors (Lipinski definition) is 0. The molecule has 21 heavy (non-hydrogen) atoms. The Morgan fingerprint density at radius 2 is 1.00 bits per heavy atom. The molecule has 0 radical (unpaired) electrons. The van der Waals surface area contributed by atoms with Crippen molar-refractivity contribution in [1.29, 1.82) is 0 Å². The number of quaternary nitrogens is 1. The van der Waals surface area contributed by atoms with Crippen LogP contribution >= 0.6 is 15.9 Å². The van der Waals surface area contributed by atoms with E-state index in [-0.39, 0.29) is 17.0 Å². The van der Waals surface area contributed by atoms with Gasteiger partial charge in [0.15, 0.2) is 0 Å². The third-order valence-corrected chi connectivity index (χ3v) is 4.66. The Bertz CT molecular complexity index is 196. The molecule has 130 valence electrons. The molecule has 0 amide bonds. The molecule has 0 spiro atoms. The van der Waals surface area contributed by atoms with Crippen LogP contribution in [0.3, 0.4) is 0 Å². The van der Waals surface area contributed by atoms with Gasteiger partial charge in [-0.2, -0.15) is 0 Å². The van der Waals surface area contributed by atoms with Gasteiger partial charge in [0.05, 0.1) is 32.5 Å². The maximum atomic E-state index is 3.55. The van der Waals surface area contributed by atoms with Crippen LogP contribution in [-0.2, 0) is 0 Å². The molecule has 1 nitrogen and oxygen atoms in total. The van der Waals surface area contributed by atoms with Gasteiger partial charge in [-0.3, -0.25) is 0 Å². The van der Waals surface area contributed by atoms with Crippen molar-refractivity contribution in [2.75, 3.05) is 32.5 Å². The first-order chi connectivity index (χ1) is 9.62. The highest BCUT2D eigenvalue weighted by Gasteiger charge is 2.12. The molecule has 0 rings (SSSR count). The summed E-state index contributed by atoms with van der Waals surface area (Å²) in [6.45, 7) is 4.88. The lowest BCUT2D eigenvalue weighted by molar-refractivity contribution is -0.887. The number of halogens is 2. The second kappa shape index (κ2) is 17.3. The Balaban J connectivity index is 0. The molecule has 0 aromatic heterocycles. The maximum Gasteiger partial charge on any atom is 0.0880 e. The lowest BCUT2D eigenvalue weighted by Gasteiger charge is -2.29. The van der Waals surface area contributed by atoms with Gasteiger partial charge in [-0.1, -0.05) is 87.1 Å². The third-order valence-electron chi connectivity index (χ3n) is 4.31. The van der Waals surface area contributed by atoms with E-state index in [1.54, 1.807) is 0 Å². The maximum absolute atomic E-state index is 3.55. The van der Waals surface area contributed by atoms with Crippen LogP contribution in [0.2, 0.25) is 0 Å². The van der Waals surface area contributed by atoms with Crippen molar-refractivity contribution in [3.63, 3.8) is 0 Å². The van der Waals surface area contributed by atoms with Crippen molar-refractivity contribution in [2.45, 2.75) is 84.0 Å². The lowest BCUT2D eigenvalue weighted by Crippen LogP contribution is -3.00. The predicted molar refractivity (Wildman–Crippen MR) is 96.7 cm³/mol. The molecule has 0 aliphatic rings. The molecule has 0 heterocycles. The SMILES string of the molecule is CCCCCCCCCCCCCC[N+](C)(C)CCBr.[Br-]. The molecular formula is C18H39Br2N. The van der Waals surface area contributed by atoms with E-state index in [4.69, 9.17) is 0 Å². The van der Waals surface area contributed by atoms with E-state index in [1.807, 2.05) is 0 Å². The van der Waals surface area contributed by atoms with E-state index >= 15 is 0 Å². The first kappa shape index (κ1) is 24.2. The van der Waals surface area contributed by atoms with Gasteiger partial charge in [-0.15, -0.1) is 0 Å². The highest BCUT2D eigenvalue weighted by Crippen LogP contribution is 2.12. The van der Waals surface area contributed by atoms with Gasteiger partial charge in [-0.05, 0) is 12.8 Å². The number of hydrogen-bond acceptors (Lipinski definition) is 0. The molecule has 0 bridgehead atoms. The zero-order chi connectivity index (χ0) is 15.1. The largest absolute Gasteiger partial charge is 1.00 e. The summed E-state index contributed by atoms with van der Waals surface area (Å²) >= 11 is 3.55. The van der Waals surface area contributed by atoms with Crippen LogP contribution in [0, 0.1) is 0 Å². The minimum absolute atomic E-state index is 0. The summed E-state index contributed by atoms with van der Waals surface area (Å²) in [6, 6.07) is 0. The summed E-state index contributed by atoms with van der Waals surface area (Å²) < 4.78 is 1.17. The fourth-order valence-electron chi connectivity index (χ4n) is 2.72. The van der Waals surface area contributed by atoms with Crippen molar-refractivity contribution in [3.8, 4) is 0 Å². The Morgan fingerprint density at radius 1 is 0.619 bits per heavy atom. The van der Waals surface area contributed by atoms with Crippen LogP contribution < -0.4 is 17.0 Å². The molecule has 3 heteroatoms. The van der Waals surface area contributed by atoms with E-state index in [0.29, 0.717) is 0 Å². The fourth-order valence-corrected chi connectivity index (χ4v) is 3.68. The quantitative estimate of drug-likeness (QED) is 0.213. The molecule has 0 fully saturated rings. The zero-order valence-electron chi connectivity index (χ0n) is 14.8. The van der Waals surface area contributed by atoms with Gasteiger partial charge in [0, 0.05) is 0 Å². The third kappa shape index (κ3) is 18.9. The van der Waals surface area contributed by atoms with E-state index in [2.05, 4.69) is 36.9 Å². The first-order valence-corrected chi connectivity index (χ1v) is 10.1. The molecule has 0 saturated carbocycles. The fraction of sp³-hybridized carbons (Fsp3) is 1.00. The molecule has 0 aromatic carbocycles. The topological polar surface area (TPSA) is 0 Å². The first-order valence-electron chi connectivity index (χ1n) is 9.00. The van der Waals surface area contributed by atoms with Crippen LogP contribution in [0.25, 0.3) is 0 Å². The van der Waals surface area contributed by atoms with Crippen molar-refractivity contribution >= 4 is 15.9 Å². The van der Waals surface area contributed by atoms with Gasteiger partial charge in [0.25, 0.3) is 0 Å². The van der Waals surface area contributed by atoms with Gasteiger partial charge >= 0.3 is 0 Å². The Hall–Kier alpha value is 0.920. The van der Waals surface area contributed by atoms with E-state index in [0.717, 1.165) is 5.33 Å². The summed E-state index contributed by atoms with van der Waals surface area (Å²) in [5, 5.41) is 1.12. The summed E-state index contributed by atoms with van der Waals surface area (Å²) in [5.74, 6) is 0. The van der Waals surface area contributed by atoms with Crippen LogP contribution in [0.5, 0.6) is 0 Å². The summed E-state index contributed by atoms with van der Waals surface area (Å²) in [7, 11) is 4.69. The Kier molecular flexibility index (Phi) is 19.9. The van der Waals surface area contributed by atoms with Gasteiger partial charge in [-0.25, -0.2) is 0 Å². The van der Waals surface area contributed by atoms with Gasteiger partial charge in [0.2, 0.25) is 0 Å². The molecule has 0 aliphatic carbocycles. The second-order valence-electron chi connectivity index (χ2n) is 6.96. The van der Waals surface area contributed by atoms with Crippen molar-refractivity contribution < 1.29 is 21.5 Å². The number of nitrogens with zero attached hydrogens (tertiary/aromatic N) is 1. The number of alkyl halides is 1. The average molecular weight is 429 g/mol. The van der Waals surface area contributed by atoms with Crippen LogP contribution in [0.4, 0.5) is 0 Å². The van der Waals surface area contributed by atoms with Gasteiger partial charge < -0.3 is 21.5 Å². The molecular weight excluding hydrogens is 390 g/mol. The highest BCUT2D eigenvalue weighted by atomic mass is 79.9. The van der Waals surface area contributed by atoms with E-state index in [9.17, 15) is 0 Å². The zero-order valence-corrected chi connectivity index (χ0v) is 18.0. The Labute approximate surface area is 153 Å². The predicted octanol–water partition coefficient (Wildman–Crippen LogP) is 3.16. The van der Waals surface area contributed by atoms with E-state index < -0.39 is 0 Å². The molecule has 0 saturated heterocycles. The monoisotopic (exact) mass is 427 g/mol. The lowest BCUT2D eigenvalue weighted by atomic mass is 10.1. The van der Waals surface area contributed by atoms with Crippen molar-refractivity contribution in [1.82, 2.24) is 0 Å². The molecule has 0 aliphatic heterocycles. The smallest absolute Gasteiger partial charge is 0.0880 e. The minimum Gasteiger partial charge on any atom is -1.00 e. The summed E-state index contributed by atoms with van der Waals surface area (Å²) in [5.41, 5.74) is 0. The minimum atomic E-state index is 0. The molecule has 0 N–H and O–H groups in total. The molecule has 0 atom stereocenters. The second-order valence-corrected chi connectivity index (χ2v) is 7.75. The number of unbranched alkanes of at least 4 members (excludes halogenated alkanes) is 11. The van der Waals surface area contributed by atoms with Gasteiger partial charge in [0.1, 0.15) is 0 Å². The van der Waals surface area contributed by atoms with Crippen molar-refractivity contribution in [2.24, 2.45) is 0 Å². The molecule has 0 aromatic rings. The number of rotatable bonds is 15. The summed E-state index contributed by atoms with van der Waals surface area (Å²) in [4.78, 5) is 0. The van der Waals surface area contributed by atoms with Crippen LogP contribution in [0.15, 0.2) is 0 Å². The normalized spacial score (nSPS) is 11.4. The van der Waals surface area contributed by atoms with E-state index in [1.165, 1.54) is 94.6 Å². The summed E-state index contributed by atoms with van der Waals surface area (Å²) in [6.07, 6.45) is 17.3. The molecule has 0 unspecified atom stereocenters. The van der Waals surface area contributed by atoms with Crippen LogP contribution in [0.1, 0.15) is 84.0 Å². The van der Waals surface area contributed by atoms with Crippen LogP contribution in [-0.4, -0.2) is 37.0 Å². The highest BCUT2D eigenvalue weighted by molar-refractivity contribution is 9.09. The standard InChI is InChI=1S/C18H39BrN.BrH/c1-4-5-6-7-8-9-10-11-12-13-14-15-17-20(2,3)18-16-19;/h4-18H2,1-3H3;1H/q+1;/p-1. The van der Waals surface area contributed by atoms with Crippen molar-refractivity contribution in [3.05, 3.63) is 0 Å².